The van der Waals surface area contributed by atoms with Crippen molar-refractivity contribution in [3.8, 4) is 0 Å². The SMILES string of the molecule is Cn1ccc(C(=O)N2CCC(F)(F)C2)c1. The zero-order chi connectivity index (χ0) is 11.1. The standard InChI is InChI=1S/C10H12F2N2O/c1-13-4-2-8(6-13)9(15)14-5-3-10(11,12)7-14/h2,4,6H,3,5,7H2,1H3. The summed E-state index contributed by atoms with van der Waals surface area (Å²) in [5.74, 6) is -3.03. The Morgan fingerprint density at radius 2 is 2.27 bits per heavy atom. The van der Waals surface area contributed by atoms with Gasteiger partial charge in [0.2, 0.25) is 0 Å². The van der Waals surface area contributed by atoms with Crippen molar-refractivity contribution in [3.05, 3.63) is 24.0 Å². The van der Waals surface area contributed by atoms with Gasteiger partial charge in [0, 0.05) is 32.4 Å². The number of likely N-dealkylation sites (tertiary alicyclic amines) is 1. The van der Waals surface area contributed by atoms with E-state index in [4.69, 9.17) is 0 Å². The molecular formula is C10H12F2N2O. The molecule has 0 N–H and O–H groups in total. The molecule has 0 aromatic carbocycles. The Labute approximate surface area is 86.3 Å². The van der Waals surface area contributed by atoms with Crippen LogP contribution in [0.4, 0.5) is 8.78 Å². The zero-order valence-corrected chi connectivity index (χ0v) is 8.41. The smallest absolute Gasteiger partial charge is 0.267 e. The highest BCUT2D eigenvalue weighted by atomic mass is 19.3. The lowest BCUT2D eigenvalue weighted by atomic mass is 10.3. The number of amides is 1. The average molecular weight is 214 g/mol. The first-order valence-corrected chi connectivity index (χ1v) is 4.77. The summed E-state index contributed by atoms with van der Waals surface area (Å²) < 4.78 is 27.5. The van der Waals surface area contributed by atoms with E-state index in [-0.39, 0.29) is 18.9 Å². The van der Waals surface area contributed by atoms with Crippen molar-refractivity contribution in [2.24, 2.45) is 7.05 Å². The van der Waals surface area contributed by atoms with Crippen molar-refractivity contribution in [2.75, 3.05) is 13.1 Å². The number of halogens is 2. The van der Waals surface area contributed by atoms with Crippen LogP contribution in [0.3, 0.4) is 0 Å². The molecule has 1 aromatic rings. The lowest BCUT2D eigenvalue weighted by Crippen LogP contribution is -2.31. The van der Waals surface area contributed by atoms with Crippen LogP contribution in [0.1, 0.15) is 16.8 Å². The van der Waals surface area contributed by atoms with Gasteiger partial charge < -0.3 is 9.47 Å². The van der Waals surface area contributed by atoms with Crippen molar-refractivity contribution in [1.82, 2.24) is 9.47 Å². The molecule has 0 aliphatic carbocycles. The largest absolute Gasteiger partial charge is 0.356 e. The predicted molar refractivity (Wildman–Crippen MR) is 50.9 cm³/mol. The molecule has 5 heteroatoms. The van der Waals surface area contributed by atoms with Crippen LogP contribution >= 0.6 is 0 Å². The Kier molecular flexibility index (Phi) is 2.25. The van der Waals surface area contributed by atoms with Gasteiger partial charge in [0.05, 0.1) is 12.1 Å². The summed E-state index contributed by atoms with van der Waals surface area (Å²) in [6.45, 7) is -0.318. The maximum atomic E-state index is 12.9. The molecule has 2 heterocycles. The van der Waals surface area contributed by atoms with Crippen LogP contribution in [0.25, 0.3) is 0 Å². The van der Waals surface area contributed by atoms with Gasteiger partial charge in [0.1, 0.15) is 0 Å². The molecule has 0 bridgehead atoms. The molecule has 1 aliphatic rings. The number of nitrogens with zero attached hydrogens (tertiary/aromatic N) is 2. The summed E-state index contributed by atoms with van der Waals surface area (Å²) in [6.07, 6.45) is 3.13. The van der Waals surface area contributed by atoms with E-state index in [1.165, 1.54) is 4.90 Å². The summed E-state index contributed by atoms with van der Waals surface area (Å²) in [6, 6.07) is 1.64. The monoisotopic (exact) mass is 214 g/mol. The van der Waals surface area contributed by atoms with Gasteiger partial charge in [0.25, 0.3) is 11.8 Å². The molecule has 1 aliphatic heterocycles. The molecule has 1 saturated heterocycles. The van der Waals surface area contributed by atoms with Gasteiger partial charge >= 0.3 is 0 Å². The fourth-order valence-corrected chi connectivity index (χ4v) is 1.72. The maximum absolute atomic E-state index is 12.9. The molecule has 0 spiro atoms. The average Bonchev–Trinajstić information content (AvgIpc) is 2.71. The molecule has 82 valence electrons. The van der Waals surface area contributed by atoms with Gasteiger partial charge in [-0.05, 0) is 6.07 Å². The number of aryl methyl sites for hydroxylation is 1. The Balaban J connectivity index is 2.10. The first-order chi connectivity index (χ1) is 6.98. The number of hydrogen-bond acceptors (Lipinski definition) is 1. The van der Waals surface area contributed by atoms with E-state index in [2.05, 4.69) is 0 Å². The van der Waals surface area contributed by atoms with Crippen molar-refractivity contribution < 1.29 is 13.6 Å². The van der Waals surface area contributed by atoms with E-state index in [0.717, 1.165) is 0 Å². The van der Waals surface area contributed by atoms with Crippen LogP contribution in [0.2, 0.25) is 0 Å². The second kappa shape index (κ2) is 3.32. The minimum absolute atomic E-state index is 0.140. The van der Waals surface area contributed by atoms with E-state index in [1.54, 1.807) is 30.1 Å². The number of hydrogen-bond donors (Lipinski definition) is 0. The van der Waals surface area contributed by atoms with E-state index in [0.29, 0.717) is 5.56 Å². The summed E-state index contributed by atoms with van der Waals surface area (Å²) in [5, 5.41) is 0. The number of alkyl halides is 2. The lowest BCUT2D eigenvalue weighted by Gasteiger charge is -2.14. The molecule has 1 aromatic heterocycles. The fourth-order valence-electron chi connectivity index (χ4n) is 1.72. The summed E-state index contributed by atoms with van der Waals surface area (Å²) in [4.78, 5) is 12.9. The number of rotatable bonds is 1. The van der Waals surface area contributed by atoms with Gasteiger partial charge in [-0.15, -0.1) is 0 Å². The van der Waals surface area contributed by atoms with Gasteiger partial charge in [0.15, 0.2) is 0 Å². The van der Waals surface area contributed by atoms with E-state index in [9.17, 15) is 13.6 Å². The Morgan fingerprint density at radius 1 is 1.53 bits per heavy atom. The van der Waals surface area contributed by atoms with Gasteiger partial charge in [-0.1, -0.05) is 0 Å². The normalized spacial score (nSPS) is 19.5. The first kappa shape index (κ1) is 10.1. The number of aromatic nitrogens is 1. The quantitative estimate of drug-likeness (QED) is 0.695. The fraction of sp³-hybridized carbons (Fsp3) is 0.500. The third-order valence-electron chi connectivity index (χ3n) is 2.54. The minimum atomic E-state index is -2.72. The Bertz CT molecular complexity index is 387. The molecule has 0 radical (unpaired) electrons. The third-order valence-corrected chi connectivity index (χ3v) is 2.54. The highest BCUT2D eigenvalue weighted by Gasteiger charge is 2.40. The number of carbonyl (C=O) groups is 1. The Hall–Kier alpha value is -1.39. The molecule has 2 rings (SSSR count). The minimum Gasteiger partial charge on any atom is -0.356 e. The molecule has 1 amide bonds. The summed E-state index contributed by atoms with van der Waals surface area (Å²) in [7, 11) is 1.79. The van der Waals surface area contributed by atoms with Crippen LogP contribution in [0.15, 0.2) is 18.5 Å². The van der Waals surface area contributed by atoms with E-state index < -0.39 is 12.5 Å². The van der Waals surface area contributed by atoms with Crippen LogP contribution in [-0.4, -0.2) is 34.4 Å². The molecule has 15 heavy (non-hydrogen) atoms. The molecule has 3 nitrogen and oxygen atoms in total. The second-order valence-electron chi connectivity index (χ2n) is 3.90. The maximum Gasteiger partial charge on any atom is 0.267 e. The van der Waals surface area contributed by atoms with Crippen molar-refractivity contribution in [3.63, 3.8) is 0 Å². The molecule has 1 fully saturated rings. The molecule has 0 unspecified atom stereocenters. The topological polar surface area (TPSA) is 25.2 Å². The first-order valence-electron chi connectivity index (χ1n) is 4.77. The highest BCUT2D eigenvalue weighted by Crippen LogP contribution is 2.27. The molecular weight excluding hydrogens is 202 g/mol. The van der Waals surface area contributed by atoms with Gasteiger partial charge in [-0.2, -0.15) is 0 Å². The zero-order valence-electron chi connectivity index (χ0n) is 8.41. The van der Waals surface area contributed by atoms with Crippen molar-refractivity contribution in [1.29, 1.82) is 0 Å². The van der Waals surface area contributed by atoms with Crippen LogP contribution in [0, 0.1) is 0 Å². The second-order valence-corrected chi connectivity index (χ2v) is 3.90. The highest BCUT2D eigenvalue weighted by molar-refractivity contribution is 5.94. The van der Waals surface area contributed by atoms with E-state index in [1.807, 2.05) is 0 Å². The molecule has 0 atom stereocenters. The lowest BCUT2D eigenvalue weighted by molar-refractivity contribution is 0.0120. The summed E-state index contributed by atoms with van der Waals surface area (Å²) in [5.41, 5.74) is 0.468. The molecule has 0 saturated carbocycles. The van der Waals surface area contributed by atoms with Crippen LogP contribution < -0.4 is 0 Å². The predicted octanol–water partition coefficient (Wildman–Crippen LogP) is 1.51. The van der Waals surface area contributed by atoms with Crippen LogP contribution in [0.5, 0.6) is 0 Å². The van der Waals surface area contributed by atoms with Crippen LogP contribution in [-0.2, 0) is 7.05 Å². The third kappa shape index (κ3) is 2.00. The summed E-state index contributed by atoms with van der Waals surface area (Å²) >= 11 is 0. The number of carbonyl (C=O) groups excluding carboxylic acids is 1. The van der Waals surface area contributed by atoms with E-state index >= 15 is 0 Å². The van der Waals surface area contributed by atoms with Gasteiger partial charge in [-0.3, -0.25) is 4.79 Å². The van der Waals surface area contributed by atoms with Crippen molar-refractivity contribution >= 4 is 5.91 Å². The van der Waals surface area contributed by atoms with Crippen molar-refractivity contribution in [2.45, 2.75) is 12.3 Å². The Morgan fingerprint density at radius 3 is 2.73 bits per heavy atom. The van der Waals surface area contributed by atoms with Gasteiger partial charge in [-0.25, -0.2) is 8.78 Å².